The smallest absolute Gasteiger partial charge is 0.238 e. The average molecular weight is 344 g/mol. The normalized spacial score (nSPS) is 23.7. The molecule has 2 aliphatic heterocycles. The number of para-hydroxylation sites is 2. The predicted molar refractivity (Wildman–Crippen MR) is 99.5 cm³/mol. The molecule has 6 nitrogen and oxygen atoms in total. The number of rotatable bonds is 4. The van der Waals surface area contributed by atoms with E-state index in [2.05, 4.69) is 24.1 Å². The maximum Gasteiger partial charge on any atom is 0.238 e. The second-order valence-corrected chi connectivity index (χ2v) is 7.81. The summed E-state index contributed by atoms with van der Waals surface area (Å²) in [4.78, 5) is 28.5. The van der Waals surface area contributed by atoms with Gasteiger partial charge in [-0.25, -0.2) is 0 Å². The molecule has 2 heterocycles. The third-order valence-corrected chi connectivity index (χ3v) is 5.30. The van der Waals surface area contributed by atoms with Crippen LogP contribution in [0.15, 0.2) is 24.3 Å². The number of likely N-dealkylation sites (tertiary alicyclic amines) is 1. The van der Waals surface area contributed by atoms with E-state index < -0.39 is 0 Å². The van der Waals surface area contributed by atoms with Gasteiger partial charge in [0.15, 0.2) is 0 Å². The minimum Gasteiger partial charge on any atom is -0.327 e. The molecule has 25 heavy (non-hydrogen) atoms. The van der Waals surface area contributed by atoms with Crippen LogP contribution in [-0.4, -0.2) is 48.9 Å². The fourth-order valence-electron chi connectivity index (χ4n) is 3.73. The van der Waals surface area contributed by atoms with Crippen LogP contribution in [0.3, 0.4) is 0 Å². The summed E-state index contributed by atoms with van der Waals surface area (Å²) in [5, 5.41) is 2.99. The first-order valence-electron chi connectivity index (χ1n) is 9.04. The largest absolute Gasteiger partial charge is 0.327 e. The number of hydrogen-bond acceptors (Lipinski definition) is 4. The van der Waals surface area contributed by atoms with Crippen molar-refractivity contribution in [2.24, 2.45) is 11.1 Å². The number of nitrogens with one attached hydrogen (secondary N) is 1. The molecule has 2 fully saturated rings. The lowest BCUT2D eigenvalue weighted by Gasteiger charge is -2.42. The summed E-state index contributed by atoms with van der Waals surface area (Å²) in [6.45, 7) is 7.01. The molecule has 3 N–H and O–H groups in total. The van der Waals surface area contributed by atoms with Gasteiger partial charge in [0.1, 0.15) is 0 Å². The number of carbonyl (C=O) groups is 2. The van der Waals surface area contributed by atoms with Gasteiger partial charge < -0.3 is 16.0 Å². The Bertz CT molecular complexity index is 659. The Labute approximate surface area is 149 Å². The highest BCUT2D eigenvalue weighted by Gasteiger charge is 2.34. The SMILES string of the molecule is CC1(C)CN(CC(=O)Nc2ccccc2N2CCCC2=O)CCC1N. The van der Waals surface area contributed by atoms with Gasteiger partial charge in [0, 0.05) is 32.1 Å². The molecule has 0 radical (unpaired) electrons. The number of amides is 2. The first kappa shape index (κ1) is 17.9. The lowest BCUT2D eigenvalue weighted by Crippen LogP contribution is -2.53. The van der Waals surface area contributed by atoms with Crippen LogP contribution in [0.4, 0.5) is 11.4 Å². The van der Waals surface area contributed by atoms with Gasteiger partial charge in [-0.15, -0.1) is 0 Å². The lowest BCUT2D eigenvalue weighted by molar-refractivity contribution is -0.118. The molecule has 2 amide bonds. The van der Waals surface area contributed by atoms with Gasteiger partial charge in [-0.05, 0) is 30.4 Å². The van der Waals surface area contributed by atoms with Crippen molar-refractivity contribution in [3.05, 3.63) is 24.3 Å². The van der Waals surface area contributed by atoms with Gasteiger partial charge in [-0.3, -0.25) is 14.5 Å². The zero-order chi connectivity index (χ0) is 18.0. The minimum absolute atomic E-state index is 0.0123. The fourth-order valence-corrected chi connectivity index (χ4v) is 3.73. The number of piperidine rings is 1. The van der Waals surface area contributed by atoms with Crippen LogP contribution in [0.5, 0.6) is 0 Å². The number of benzene rings is 1. The van der Waals surface area contributed by atoms with E-state index in [9.17, 15) is 9.59 Å². The highest BCUT2D eigenvalue weighted by Crippen LogP contribution is 2.30. The van der Waals surface area contributed by atoms with E-state index in [1.165, 1.54) is 0 Å². The molecule has 1 aromatic carbocycles. The molecule has 1 aromatic rings. The predicted octanol–water partition coefficient (Wildman–Crippen LogP) is 1.81. The molecule has 136 valence electrons. The Kier molecular flexibility index (Phi) is 5.11. The van der Waals surface area contributed by atoms with E-state index in [0.29, 0.717) is 25.2 Å². The fraction of sp³-hybridized carbons (Fsp3) is 0.579. The highest BCUT2D eigenvalue weighted by molar-refractivity contribution is 6.02. The molecule has 2 aliphatic rings. The van der Waals surface area contributed by atoms with Crippen molar-refractivity contribution in [2.45, 2.75) is 39.2 Å². The van der Waals surface area contributed by atoms with Crippen molar-refractivity contribution in [3.63, 3.8) is 0 Å². The van der Waals surface area contributed by atoms with Gasteiger partial charge in [-0.2, -0.15) is 0 Å². The molecule has 6 heteroatoms. The van der Waals surface area contributed by atoms with E-state index in [1.54, 1.807) is 4.90 Å². The molecule has 0 bridgehead atoms. The lowest BCUT2D eigenvalue weighted by atomic mass is 9.80. The Balaban J connectivity index is 1.65. The van der Waals surface area contributed by atoms with Gasteiger partial charge in [0.05, 0.1) is 17.9 Å². The zero-order valence-electron chi connectivity index (χ0n) is 15.1. The molecule has 1 unspecified atom stereocenters. The van der Waals surface area contributed by atoms with Crippen LogP contribution in [0.25, 0.3) is 0 Å². The molecule has 3 rings (SSSR count). The zero-order valence-corrected chi connectivity index (χ0v) is 15.1. The molecule has 0 aliphatic carbocycles. The summed E-state index contributed by atoms with van der Waals surface area (Å²) >= 11 is 0. The van der Waals surface area contributed by atoms with Gasteiger partial charge in [0.25, 0.3) is 0 Å². The van der Waals surface area contributed by atoms with E-state index >= 15 is 0 Å². The van der Waals surface area contributed by atoms with E-state index in [0.717, 1.165) is 31.6 Å². The summed E-state index contributed by atoms with van der Waals surface area (Å²) < 4.78 is 0. The summed E-state index contributed by atoms with van der Waals surface area (Å²) in [6.07, 6.45) is 2.34. The molecular weight excluding hydrogens is 316 g/mol. The summed E-state index contributed by atoms with van der Waals surface area (Å²) in [7, 11) is 0. The standard InChI is InChI=1S/C19H28N4O2/c1-19(2)13-22(11-9-16(19)20)12-17(24)21-14-6-3-4-7-15(14)23-10-5-8-18(23)25/h3-4,6-7,16H,5,8-13,20H2,1-2H3,(H,21,24). The maximum absolute atomic E-state index is 12.5. The molecule has 0 spiro atoms. The van der Waals surface area contributed by atoms with Gasteiger partial charge >= 0.3 is 0 Å². The van der Waals surface area contributed by atoms with E-state index in [1.807, 2.05) is 24.3 Å². The number of anilines is 2. The summed E-state index contributed by atoms with van der Waals surface area (Å²) in [5.74, 6) is 0.0684. The summed E-state index contributed by atoms with van der Waals surface area (Å²) in [6, 6.07) is 7.69. The molecule has 0 saturated carbocycles. The second kappa shape index (κ2) is 7.14. The Morgan fingerprint density at radius 1 is 1.32 bits per heavy atom. The van der Waals surface area contributed by atoms with Crippen LogP contribution >= 0.6 is 0 Å². The van der Waals surface area contributed by atoms with E-state index in [-0.39, 0.29) is 23.3 Å². The first-order chi connectivity index (χ1) is 11.9. The highest BCUT2D eigenvalue weighted by atomic mass is 16.2. The Morgan fingerprint density at radius 3 is 2.76 bits per heavy atom. The minimum atomic E-state index is -0.0506. The monoisotopic (exact) mass is 344 g/mol. The van der Waals surface area contributed by atoms with E-state index in [4.69, 9.17) is 5.73 Å². The van der Waals surface area contributed by atoms with Crippen LogP contribution < -0.4 is 16.0 Å². The topological polar surface area (TPSA) is 78.7 Å². The number of nitrogens with zero attached hydrogens (tertiary/aromatic N) is 2. The average Bonchev–Trinajstić information content (AvgIpc) is 2.97. The maximum atomic E-state index is 12.5. The van der Waals surface area contributed by atoms with Crippen LogP contribution in [0.2, 0.25) is 0 Å². The van der Waals surface area contributed by atoms with Crippen molar-refractivity contribution < 1.29 is 9.59 Å². The van der Waals surface area contributed by atoms with Crippen LogP contribution in [0, 0.1) is 5.41 Å². The number of carbonyl (C=O) groups excluding carboxylic acids is 2. The van der Waals surface area contributed by atoms with Crippen molar-refractivity contribution in [3.8, 4) is 0 Å². The van der Waals surface area contributed by atoms with Crippen molar-refractivity contribution in [2.75, 3.05) is 36.4 Å². The third kappa shape index (κ3) is 4.02. The Hall–Kier alpha value is -1.92. The molecule has 1 atom stereocenters. The molecular formula is C19H28N4O2. The second-order valence-electron chi connectivity index (χ2n) is 7.81. The number of nitrogens with two attached hydrogens (primary N) is 1. The van der Waals surface area contributed by atoms with Crippen molar-refractivity contribution in [1.29, 1.82) is 0 Å². The quantitative estimate of drug-likeness (QED) is 0.873. The van der Waals surface area contributed by atoms with Gasteiger partial charge in [0.2, 0.25) is 11.8 Å². The third-order valence-electron chi connectivity index (χ3n) is 5.30. The van der Waals surface area contributed by atoms with Crippen LogP contribution in [0.1, 0.15) is 33.1 Å². The van der Waals surface area contributed by atoms with Crippen LogP contribution in [-0.2, 0) is 9.59 Å². The molecule has 2 saturated heterocycles. The first-order valence-corrected chi connectivity index (χ1v) is 9.04. The molecule has 0 aromatic heterocycles. The van der Waals surface area contributed by atoms with Gasteiger partial charge in [-0.1, -0.05) is 26.0 Å². The van der Waals surface area contributed by atoms with Crippen molar-refractivity contribution in [1.82, 2.24) is 4.90 Å². The summed E-state index contributed by atoms with van der Waals surface area (Å²) in [5.41, 5.74) is 7.67. The van der Waals surface area contributed by atoms with Crippen molar-refractivity contribution >= 4 is 23.2 Å². The number of hydrogen-bond donors (Lipinski definition) is 2. The Morgan fingerprint density at radius 2 is 2.08 bits per heavy atom.